The number of aryl methyl sites for hydroxylation is 1. The molecule has 0 spiro atoms. The van der Waals surface area contributed by atoms with Crippen LogP contribution in [0.1, 0.15) is 5.69 Å². The monoisotopic (exact) mass is 288 g/mol. The summed E-state index contributed by atoms with van der Waals surface area (Å²) >= 11 is 0. The Hall–Kier alpha value is -2.28. The minimum atomic E-state index is -3.46. The first-order chi connectivity index (χ1) is 9.45. The SMILES string of the molecule is Cc1cc(-c2ccccc2)n2nc(S(C)(=O)=O)nc2n1. The van der Waals surface area contributed by atoms with Crippen molar-refractivity contribution < 1.29 is 8.42 Å². The predicted molar refractivity (Wildman–Crippen MR) is 74.1 cm³/mol. The lowest BCUT2D eigenvalue weighted by atomic mass is 10.1. The van der Waals surface area contributed by atoms with Crippen LogP contribution in [0.4, 0.5) is 0 Å². The van der Waals surface area contributed by atoms with Gasteiger partial charge in [0.1, 0.15) is 0 Å². The van der Waals surface area contributed by atoms with Crippen molar-refractivity contribution in [3.05, 3.63) is 42.1 Å². The number of sulfone groups is 1. The molecule has 7 heteroatoms. The summed E-state index contributed by atoms with van der Waals surface area (Å²) in [6, 6.07) is 11.4. The summed E-state index contributed by atoms with van der Waals surface area (Å²) in [5.74, 6) is 0.282. The molecular formula is C13H12N4O2S. The van der Waals surface area contributed by atoms with Crippen molar-refractivity contribution in [2.24, 2.45) is 0 Å². The van der Waals surface area contributed by atoms with Crippen LogP contribution in [-0.2, 0) is 9.84 Å². The van der Waals surface area contributed by atoms with E-state index in [0.717, 1.165) is 23.2 Å². The van der Waals surface area contributed by atoms with Gasteiger partial charge in [0.2, 0.25) is 9.84 Å². The molecule has 0 aliphatic carbocycles. The summed E-state index contributed by atoms with van der Waals surface area (Å²) in [6.07, 6.45) is 1.08. The molecule has 6 nitrogen and oxygen atoms in total. The third kappa shape index (κ3) is 2.16. The van der Waals surface area contributed by atoms with E-state index >= 15 is 0 Å². The fourth-order valence-corrected chi connectivity index (χ4v) is 2.42. The first-order valence-electron chi connectivity index (χ1n) is 5.95. The molecule has 0 radical (unpaired) electrons. The van der Waals surface area contributed by atoms with Gasteiger partial charge in [0, 0.05) is 17.5 Å². The van der Waals surface area contributed by atoms with Gasteiger partial charge >= 0.3 is 0 Å². The first kappa shape index (κ1) is 12.7. The van der Waals surface area contributed by atoms with Gasteiger partial charge in [-0.25, -0.2) is 13.4 Å². The molecule has 0 saturated heterocycles. The van der Waals surface area contributed by atoms with E-state index in [1.807, 2.05) is 43.3 Å². The second-order valence-corrected chi connectivity index (χ2v) is 6.44. The van der Waals surface area contributed by atoms with Crippen LogP contribution in [0, 0.1) is 6.92 Å². The van der Waals surface area contributed by atoms with Crippen LogP contribution in [0.5, 0.6) is 0 Å². The average Bonchev–Trinajstić information content (AvgIpc) is 2.82. The molecule has 0 saturated carbocycles. The van der Waals surface area contributed by atoms with E-state index in [1.165, 1.54) is 4.52 Å². The van der Waals surface area contributed by atoms with Crippen molar-refractivity contribution in [1.29, 1.82) is 0 Å². The molecule has 0 bridgehead atoms. The highest BCUT2D eigenvalue weighted by molar-refractivity contribution is 7.90. The molecule has 0 unspecified atom stereocenters. The molecule has 1 aromatic carbocycles. The quantitative estimate of drug-likeness (QED) is 0.714. The third-order valence-corrected chi connectivity index (χ3v) is 3.66. The Kier molecular flexibility index (Phi) is 2.79. The smallest absolute Gasteiger partial charge is 0.221 e. The second kappa shape index (κ2) is 4.38. The van der Waals surface area contributed by atoms with Crippen molar-refractivity contribution in [2.75, 3.05) is 6.26 Å². The number of benzene rings is 1. The topological polar surface area (TPSA) is 77.2 Å². The summed E-state index contributed by atoms with van der Waals surface area (Å²) in [5.41, 5.74) is 2.44. The molecule has 3 rings (SSSR count). The van der Waals surface area contributed by atoms with Crippen molar-refractivity contribution in [1.82, 2.24) is 19.6 Å². The van der Waals surface area contributed by atoms with Crippen LogP contribution in [-0.4, -0.2) is 34.3 Å². The van der Waals surface area contributed by atoms with Gasteiger partial charge in [0.25, 0.3) is 10.9 Å². The van der Waals surface area contributed by atoms with Crippen LogP contribution < -0.4 is 0 Å². The lowest BCUT2D eigenvalue weighted by Gasteiger charge is -2.04. The number of aromatic nitrogens is 4. The van der Waals surface area contributed by atoms with E-state index in [9.17, 15) is 8.42 Å². The lowest BCUT2D eigenvalue weighted by molar-refractivity contribution is 0.593. The highest BCUT2D eigenvalue weighted by atomic mass is 32.2. The molecule has 0 aliphatic heterocycles. The van der Waals surface area contributed by atoms with Gasteiger partial charge < -0.3 is 0 Å². The summed E-state index contributed by atoms with van der Waals surface area (Å²) < 4.78 is 24.6. The Morgan fingerprint density at radius 1 is 1.10 bits per heavy atom. The highest BCUT2D eigenvalue weighted by Crippen LogP contribution is 2.20. The van der Waals surface area contributed by atoms with Crippen LogP contribution in [0.15, 0.2) is 41.6 Å². The van der Waals surface area contributed by atoms with Crippen molar-refractivity contribution in [2.45, 2.75) is 12.1 Å². The Bertz CT molecular complexity index is 885. The third-order valence-electron chi connectivity index (χ3n) is 2.82. The van der Waals surface area contributed by atoms with Crippen LogP contribution >= 0.6 is 0 Å². The van der Waals surface area contributed by atoms with Crippen molar-refractivity contribution in [3.8, 4) is 11.3 Å². The van der Waals surface area contributed by atoms with Gasteiger partial charge in [-0.3, -0.25) is 0 Å². The van der Waals surface area contributed by atoms with Crippen LogP contribution in [0.3, 0.4) is 0 Å². The first-order valence-corrected chi connectivity index (χ1v) is 7.84. The van der Waals surface area contributed by atoms with Crippen molar-refractivity contribution in [3.63, 3.8) is 0 Å². The van der Waals surface area contributed by atoms with Gasteiger partial charge in [0.05, 0.1) is 5.69 Å². The lowest BCUT2D eigenvalue weighted by Crippen LogP contribution is -2.01. The molecule has 0 amide bonds. The molecule has 0 aliphatic rings. The largest absolute Gasteiger partial charge is 0.268 e. The maximum absolute atomic E-state index is 11.6. The zero-order valence-electron chi connectivity index (χ0n) is 11.0. The van der Waals surface area contributed by atoms with E-state index in [-0.39, 0.29) is 10.9 Å². The minimum absolute atomic E-state index is 0.215. The summed E-state index contributed by atoms with van der Waals surface area (Å²) in [7, 11) is -3.46. The molecule has 102 valence electrons. The molecule has 20 heavy (non-hydrogen) atoms. The Morgan fingerprint density at radius 3 is 2.45 bits per heavy atom. The molecule has 2 aromatic heterocycles. The normalized spacial score (nSPS) is 11.9. The van der Waals surface area contributed by atoms with Gasteiger partial charge in [-0.1, -0.05) is 30.3 Å². The maximum atomic E-state index is 11.6. The number of hydrogen-bond acceptors (Lipinski definition) is 5. The molecular weight excluding hydrogens is 276 g/mol. The average molecular weight is 288 g/mol. The number of hydrogen-bond donors (Lipinski definition) is 0. The van der Waals surface area contributed by atoms with E-state index < -0.39 is 9.84 Å². The van der Waals surface area contributed by atoms with E-state index in [4.69, 9.17) is 0 Å². The van der Waals surface area contributed by atoms with Gasteiger partial charge in [0.15, 0.2) is 0 Å². The van der Waals surface area contributed by atoms with Gasteiger partial charge in [-0.05, 0) is 13.0 Å². The molecule has 3 aromatic rings. The van der Waals surface area contributed by atoms with Crippen LogP contribution in [0.2, 0.25) is 0 Å². The number of rotatable bonds is 2. The van der Waals surface area contributed by atoms with Gasteiger partial charge in [-0.2, -0.15) is 9.50 Å². The van der Waals surface area contributed by atoms with Crippen molar-refractivity contribution >= 4 is 15.6 Å². The van der Waals surface area contributed by atoms with Crippen LogP contribution in [0.25, 0.3) is 17.0 Å². The fourth-order valence-electron chi connectivity index (χ4n) is 1.94. The summed E-state index contributed by atoms with van der Waals surface area (Å²) in [6.45, 7) is 1.83. The fraction of sp³-hybridized carbons (Fsp3) is 0.154. The van der Waals surface area contributed by atoms with E-state index in [2.05, 4.69) is 15.1 Å². The zero-order chi connectivity index (χ0) is 14.3. The van der Waals surface area contributed by atoms with E-state index in [1.54, 1.807) is 0 Å². The summed E-state index contributed by atoms with van der Waals surface area (Å²) in [5, 5.41) is 3.84. The van der Waals surface area contributed by atoms with E-state index in [0.29, 0.717) is 0 Å². The summed E-state index contributed by atoms with van der Waals surface area (Å²) in [4.78, 5) is 8.20. The molecule has 0 fully saturated rings. The molecule has 0 N–H and O–H groups in total. The maximum Gasteiger partial charge on any atom is 0.268 e. The van der Waals surface area contributed by atoms with Gasteiger partial charge in [-0.15, -0.1) is 5.10 Å². The molecule has 0 atom stereocenters. The zero-order valence-corrected chi connectivity index (χ0v) is 11.8. The molecule has 2 heterocycles. The Balaban J connectivity index is 2.35. The standard InChI is InChI=1S/C13H12N4O2S/c1-9-8-11(10-6-4-3-5-7-10)17-12(14-9)15-13(16-17)20(2,18)19/h3-8H,1-2H3. The predicted octanol–water partition coefficient (Wildman–Crippen LogP) is 1.50. The second-order valence-electron chi connectivity index (χ2n) is 4.53. The minimum Gasteiger partial charge on any atom is -0.221 e. The number of fused-ring (bicyclic) bond motifs is 1. The Morgan fingerprint density at radius 2 is 1.80 bits per heavy atom. The Labute approximate surface area is 116 Å². The number of nitrogens with zero attached hydrogens (tertiary/aromatic N) is 4. The highest BCUT2D eigenvalue weighted by Gasteiger charge is 2.17.